The maximum atomic E-state index is 13.7. The highest BCUT2D eigenvalue weighted by atomic mass is 32.2. The van der Waals surface area contributed by atoms with Crippen LogP contribution in [0.15, 0.2) is 71.6 Å². The Morgan fingerprint density at radius 3 is 2.45 bits per heavy atom. The summed E-state index contributed by atoms with van der Waals surface area (Å²) in [6.07, 6.45) is 1.63. The van der Waals surface area contributed by atoms with Crippen LogP contribution in [0.2, 0.25) is 0 Å². The molecule has 1 aliphatic heterocycles. The molecule has 0 unspecified atom stereocenters. The normalized spacial score (nSPS) is 14.1. The van der Waals surface area contributed by atoms with Gasteiger partial charge in [-0.25, -0.2) is 13.4 Å². The zero-order valence-electron chi connectivity index (χ0n) is 21.9. The summed E-state index contributed by atoms with van der Waals surface area (Å²) in [5.74, 6) is -0.197. The van der Waals surface area contributed by atoms with Gasteiger partial charge >= 0.3 is 0 Å². The maximum Gasteiger partial charge on any atom is 0.260 e. The molecule has 4 aromatic rings. The van der Waals surface area contributed by atoms with Crippen LogP contribution in [0.4, 0.5) is 5.13 Å². The molecule has 0 bridgehead atoms. The van der Waals surface area contributed by atoms with Crippen LogP contribution in [0.1, 0.15) is 34.0 Å². The number of hydrogen-bond acceptors (Lipinski definition) is 6. The first-order valence-corrected chi connectivity index (χ1v) is 15.0. The topological polar surface area (TPSA) is 73.8 Å². The maximum absolute atomic E-state index is 13.7. The lowest BCUT2D eigenvalue weighted by molar-refractivity contribution is 0.0985. The highest BCUT2D eigenvalue weighted by Crippen LogP contribution is 2.31. The number of aromatic nitrogens is 1. The number of anilines is 1. The lowest BCUT2D eigenvalue weighted by atomic mass is 10.0. The van der Waals surface area contributed by atoms with Gasteiger partial charge in [0, 0.05) is 31.7 Å². The lowest BCUT2D eigenvalue weighted by Crippen LogP contribution is -2.37. The molecule has 0 fully saturated rings. The van der Waals surface area contributed by atoms with Gasteiger partial charge in [-0.1, -0.05) is 48.6 Å². The van der Waals surface area contributed by atoms with Gasteiger partial charge in [-0.15, -0.1) is 0 Å². The molecular formula is C29H32N4O3S2. The second-order valence-corrected chi connectivity index (χ2v) is 12.7. The molecule has 5 rings (SSSR count). The van der Waals surface area contributed by atoms with E-state index >= 15 is 0 Å². The van der Waals surface area contributed by atoms with Gasteiger partial charge in [-0.2, -0.15) is 4.31 Å². The minimum absolute atomic E-state index is 0.195. The highest BCUT2D eigenvalue weighted by Gasteiger charge is 2.29. The Morgan fingerprint density at radius 2 is 1.74 bits per heavy atom. The van der Waals surface area contributed by atoms with Gasteiger partial charge in [0.25, 0.3) is 5.91 Å². The SMILES string of the molecule is CCc1ccc2nc(N(CCN(C)C)C(=O)c3ccc(S(=O)(=O)N4CCc5ccccc5C4)cc3)sc2c1. The molecule has 198 valence electrons. The summed E-state index contributed by atoms with van der Waals surface area (Å²) in [4.78, 5) is 22.3. The van der Waals surface area contributed by atoms with E-state index < -0.39 is 10.0 Å². The van der Waals surface area contributed by atoms with Crippen molar-refractivity contribution in [3.63, 3.8) is 0 Å². The Bertz CT molecular complexity index is 1560. The van der Waals surface area contributed by atoms with Crippen LogP contribution in [0, 0.1) is 0 Å². The molecule has 38 heavy (non-hydrogen) atoms. The predicted molar refractivity (Wildman–Crippen MR) is 153 cm³/mol. The summed E-state index contributed by atoms with van der Waals surface area (Å²) in [6.45, 7) is 4.05. The van der Waals surface area contributed by atoms with Crippen molar-refractivity contribution in [2.45, 2.75) is 31.2 Å². The van der Waals surface area contributed by atoms with E-state index in [2.05, 4.69) is 25.1 Å². The lowest BCUT2D eigenvalue weighted by Gasteiger charge is -2.28. The third-order valence-corrected chi connectivity index (χ3v) is 9.83. The monoisotopic (exact) mass is 548 g/mol. The van der Waals surface area contributed by atoms with Gasteiger partial charge in [-0.05, 0) is 80.0 Å². The van der Waals surface area contributed by atoms with Crippen molar-refractivity contribution in [1.29, 1.82) is 0 Å². The summed E-state index contributed by atoms with van der Waals surface area (Å²) in [5.41, 5.74) is 4.76. The zero-order valence-corrected chi connectivity index (χ0v) is 23.6. The second-order valence-electron chi connectivity index (χ2n) is 9.79. The number of sulfonamides is 1. The summed E-state index contributed by atoms with van der Waals surface area (Å²) >= 11 is 1.50. The van der Waals surface area contributed by atoms with E-state index in [1.165, 1.54) is 26.8 Å². The Morgan fingerprint density at radius 1 is 1.00 bits per heavy atom. The van der Waals surface area contributed by atoms with Crippen LogP contribution in [0.3, 0.4) is 0 Å². The minimum atomic E-state index is -3.67. The summed E-state index contributed by atoms with van der Waals surface area (Å²) in [7, 11) is 0.257. The molecule has 9 heteroatoms. The van der Waals surface area contributed by atoms with Gasteiger partial charge in [0.2, 0.25) is 10.0 Å². The molecule has 1 amide bonds. The molecular weight excluding hydrogens is 516 g/mol. The largest absolute Gasteiger partial charge is 0.308 e. The molecule has 0 radical (unpaired) electrons. The molecule has 0 spiro atoms. The Labute approximate surface area is 228 Å². The molecule has 0 saturated heterocycles. The number of benzene rings is 3. The number of nitrogens with zero attached hydrogens (tertiary/aromatic N) is 4. The van der Waals surface area contributed by atoms with E-state index in [1.54, 1.807) is 29.2 Å². The van der Waals surface area contributed by atoms with Crippen molar-refractivity contribution in [1.82, 2.24) is 14.2 Å². The average Bonchev–Trinajstić information content (AvgIpc) is 3.35. The number of carbonyl (C=O) groups excluding carboxylic acids is 1. The third kappa shape index (κ3) is 5.37. The van der Waals surface area contributed by atoms with Crippen molar-refractivity contribution in [2.75, 3.05) is 38.6 Å². The molecule has 0 aliphatic carbocycles. The van der Waals surface area contributed by atoms with E-state index in [9.17, 15) is 13.2 Å². The first-order chi connectivity index (χ1) is 18.3. The first kappa shape index (κ1) is 26.5. The molecule has 0 atom stereocenters. The molecule has 1 aromatic heterocycles. The highest BCUT2D eigenvalue weighted by molar-refractivity contribution is 7.89. The fraction of sp³-hybridized carbons (Fsp3) is 0.310. The Hall–Kier alpha value is -3.11. The van der Waals surface area contributed by atoms with Crippen LogP contribution in [-0.4, -0.2) is 62.2 Å². The number of carbonyl (C=O) groups is 1. The van der Waals surface area contributed by atoms with E-state index in [0.717, 1.165) is 22.2 Å². The second kappa shape index (κ2) is 10.9. The molecule has 2 heterocycles. The van der Waals surface area contributed by atoms with Crippen molar-refractivity contribution in [2.24, 2.45) is 0 Å². The van der Waals surface area contributed by atoms with Gasteiger partial charge in [0.1, 0.15) is 0 Å². The summed E-state index contributed by atoms with van der Waals surface area (Å²) in [5, 5.41) is 0.642. The smallest absolute Gasteiger partial charge is 0.260 e. The van der Waals surface area contributed by atoms with Crippen molar-refractivity contribution >= 4 is 42.6 Å². The fourth-order valence-corrected chi connectivity index (χ4v) is 7.10. The number of aryl methyl sites for hydroxylation is 1. The van der Waals surface area contributed by atoms with Gasteiger partial charge in [0.05, 0.1) is 15.1 Å². The van der Waals surface area contributed by atoms with Crippen LogP contribution in [0.5, 0.6) is 0 Å². The van der Waals surface area contributed by atoms with E-state index in [4.69, 9.17) is 4.98 Å². The minimum Gasteiger partial charge on any atom is -0.308 e. The standard InChI is InChI=1S/C29H32N4O3S2/c1-4-21-9-14-26-27(19-21)37-29(30-26)33(18-17-31(2)3)28(34)23-10-12-25(13-11-23)38(35,36)32-16-15-22-7-5-6-8-24(22)20-32/h5-14,19H,4,15-18,20H2,1-3H3. The first-order valence-electron chi connectivity index (χ1n) is 12.8. The van der Waals surface area contributed by atoms with Crippen molar-refractivity contribution < 1.29 is 13.2 Å². The quantitative estimate of drug-likeness (QED) is 0.316. The number of amides is 1. The fourth-order valence-electron chi connectivity index (χ4n) is 4.63. The number of likely N-dealkylation sites (N-methyl/N-ethyl adjacent to an activating group) is 1. The number of fused-ring (bicyclic) bond motifs is 2. The van der Waals surface area contributed by atoms with E-state index in [0.29, 0.717) is 43.3 Å². The zero-order chi connectivity index (χ0) is 26.9. The Balaban J connectivity index is 1.40. The molecule has 1 aliphatic rings. The molecule has 7 nitrogen and oxygen atoms in total. The Kier molecular flexibility index (Phi) is 7.63. The number of thiazole rings is 1. The van der Waals surface area contributed by atoms with Crippen LogP contribution < -0.4 is 4.90 Å². The number of rotatable bonds is 8. The molecule has 0 saturated carbocycles. The van der Waals surface area contributed by atoms with Crippen molar-refractivity contribution in [3.8, 4) is 0 Å². The van der Waals surface area contributed by atoms with Crippen LogP contribution in [-0.2, 0) is 29.4 Å². The summed E-state index contributed by atoms with van der Waals surface area (Å²) in [6, 6.07) is 20.4. The van der Waals surface area contributed by atoms with Crippen molar-refractivity contribution in [3.05, 3.63) is 89.0 Å². The number of hydrogen-bond donors (Lipinski definition) is 0. The molecule has 0 N–H and O–H groups in total. The van der Waals surface area contributed by atoms with Crippen LogP contribution in [0.25, 0.3) is 10.2 Å². The van der Waals surface area contributed by atoms with Crippen LogP contribution >= 0.6 is 11.3 Å². The van der Waals surface area contributed by atoms with Gasteiger partial charge in [0.15, 0.2) is 5.13 Å². The van der Waals surface area contributed by atoms with E-state index in [1.807, 2.05) is 43.3 Å². The molecule has 3 aromatic carbocycles. The average molecular weight is 549 g/mol. The van der Waals surface area contributed by atoms with Gasteiger partial charge < -0.3 is 4.90 Å². The third-order valence-electron chi connectivity index (χ3n) is 6.93. The van der Waals surface area contributed by atoms with Gasteiger partial charge in [-0.3, -0.25) is 9.69 Å². The summed E-state index contributed by atoms with van der Waals surface area (Å²) < 4.78 is 29.3. The van der Waals surface area contributed by atoms with E-state index in [-0.39, 0.29) is 10.8 Å². The predicted octanol–water partition coefficient (Wildman–Crippen LogP) is 4.81.